The molecule has 2 N–H and O–H groups in total. The van der Waals surface area contributed by atoms with Gasteiger partial charge in [-0.15, -0.1) is 12.4 Å². The van der Waals surface area contributed by atoms with E-state index in [9.17, 15) is 4.79 Å². The van der Waals surface area contributed by atoms with E-state index < -0.39 is 0 Å². The third-order valence-corrected chi connectivity index (χ3v) is 3.25. The fraction of sp³-hybridized carbons (Fsp3) is 0.562. The van der Waals surface area contributed by atoms with Gasteiger partial charge >= 0.3 is 0 Å². The van der Waals surface area contributed by atoms with E-state index in [0.717, 1.165) is 5.56 Å². The Labute approximate surface area is 134 Å². The van der Waals surface area contributed by atoms with E-state index in [2.05, 4.69) is 48.7 Å². The molecular formula is C16H27ClN2O2. The molecule has 1 atom stereocenters. The number of amides is 1. The fourth-order valence-corrected chi connectivity index (χ4v) is 1.92. The van der Waals surface area contributed by atoms with Crippen molar-refractivity contribution in [3.63, 3.8) is 0 Å². The summed E-state index contributed by atoms with van der Waals surface area (Å²) < 4.78 is 4.91. The Morgan fingerprint density at radius 2 is 1.71 bits per heavy atom. The minimum atomic E-state index is 0. The molecule has 1 aromatic carbocycles. The molecule has 0 aromatic heterocycles. The minimum Gasteiger partial charge on any atom is -0.383 e. The topological polar surface area (TPSA) is 50.4 Å². The molecule has 0 aliphatic heterocycles. The van der Waals surface area contributed by atoms with Crippen LogP contribution in [0.15, 0.2) is 24.3 Å². The van der Waals surface area contributed by atoms with Crippen LogP contribution in [0.4, 0.5) is 0 Å². The molecule has 0 aliphatic rings. The van der Waals surface area contributed by atoms with Gasteiger partial charge in [-0.25, -0.2) is 0 Å². The van der Waals surface area contributed by atoms with Crippen LogP contribution in [0.3, 0.4) is 0 Å². The SMILES string of the molecule is COCCNCC(=O)NC(C)c1ccc(C(C)C)cc1.Cl. The molecule has 0 aliphatic carbocycles. The van der Waals surface area contributed by atoms with Crippen molar-refractivity contribution in [1.82, 2.24) is 10.6 Å². The molecule has 120 valence electrons. The van der Waals surface area contributed by atoms with Crippen LogP contribution in [-0.4, -0.2) is 32.7 Å². The van der Waals surface area contributed by atoms with Gasteiger partial charge in [-0.1, -0.05) is 38.1 Å². The highest BCUT2D eigenvalue weighted by atomic mass is 35.5. The van der Waals surface area contributed by atoms with Crippen molar-refractivity contribution in [2.75, 3.05) is 26.8 Å². The van der Waals surface area contributed by atoms with Gasteiger partial charge in [0.1, 0.15) is 0 Å². The molecular weight excluding hydrogens is 288 g/mol. The molecule has 1 amide bonds. The average Bonchev–Trinajstić information content (AvgIpc) is 2.43. The van der Waals surface area contributed by atoms with Crippen LogP contribution in [0.5, 0.6) is 0 Å². The summed E-state index contributed by atoms with van der Waals surface area (Å²) in [6, 6.07) is 8.43. The summed E-state index contributed by atoms with van der Waals surface area (Å²) in [6.45, 7) is 7.95. The summed E-state index contributed by atoms with van der Waals surface area (Å²) >= 11 is 0. The van der Waals surface area contributed by atoms with Crippen molar-refractivity contribution in [2.45, 2.75) is 32.7 Å². The molecule has 5 heteroatoms. The lowest BCUT2D eigenvalue weighted by Crippen LogP contribution is -2.36. The molecule has 1 unspecified atom stereocenters. The monoisotopic (exact) mass is 314 g/mol. The van der Waals surface area contributed by atoms with E-state index in [1.54, 1.807) is 7.11 Å². The number of nitrogens with one attached hydrogen (secondary N) is 2. The van der Waals surface area contributed by atoms with Gasteiger partial charge in [-0.2, -0.15) is 0 Å². The molecule has 0 spiro atoms. The number of carbonyl (C=O) groups excluding carboxylic acids is 1. The number of halogens is 1. The van der Waals surface area contributed by atoms with Crippen molar-refractivity contribution < 1.29 is 9.53 Å². The number of rotatable bonds is 8. The summed E-state index contributed by atoms with van der Waals surface area (Å²) in [7, 11) is 1.64. The summed E-state index contributed by atoms with van der Waals surface area (Å²) in [5, 5.41) is 6.01. The normalized spacial score (nSPS) is 11.9. The Bertz CT molecular complexity index is 407. The second-order valence-electron chi connectivity index (χ2n) is 5.28. The number of methoxy groups -OCH3 is 1. The number of carbonyl (C=O) groups is 1. The van der Waals surface area contributed by atoms with Crippen LogP contribution in [0.2, 0.25) is 0 Å². The predicted molar refractivity (Wildman–Crippen MR) is 89.1 cm³/mol. The molecule has 0 radical (unpaired) electrons. The Morgan fingerprint density at radius 3 is 2.24 bits per heavy atom. The first kappa shape index (κ1) is 19.9. The van der Waals surface area contributed by atoms with Gasteiger partial charge < -0.3 is 15.4 Å². The smallest absolute Gasteiger partial charge is 0.234 e. The molecule has 0 saturated carbocycles. The number of hydrogen-bond acceptors (Lipinski definition) is 3. The molecule has 1 aromatic rings. The molecule has 0 bridgehead atoms. The number of ether oxygens (including phenoxy) is 1. The largest absolute Gasteiger partial charge is 0.383 e. The second-order valence-corrected chi connectivity index (χ2v) is 5.28. The van der Waals surface area contributed by atoms with Crippen LogP contribution < -0.4 is 10.6 Å². The van der Waals surface area contributed by atoms with Crippen LogP contribution >= 0.6 is 12.4 Å². The van der Waals surface area contributed by atoms with Crippen LogP contribution in [0.25, 0.3) is 0 Å². The zero-order valence-corrected chi connectivity index (χ0v) is 14.1. The van der Waals surface area contributed by atoms with E-state index in [4.69, 9.17) is 4.74 Å². The van der Waals surface area contributed by atoms with Crippen molar-refractivity contribution in [3.8, 4) is 0 Å². The van der Waals surface area contributed by atoms with Gasteiger partial charge in [-0.3, -0.25) is 4.79 Å². The maximum atomic E-state index is 11.8. The van der Waals surface area contributed by atoms with E-state index in [1.165, 1.54) is 5.56 Å². The Hall–Kier alpha value is -1.10. The molecule has 0 saturated heterocycles. The molecule has 0 fully saturated rings. The maximum Gasteiger partial charge on any atom is 0.234 e. The molecule has 0 heterocycles. The third-order valence-electron chi connectivity index (χ3n) is 3.25. The summed E-state index contributed by atoms with van der Waals surface area (Å²) in [6.07, 6.45) is 0. The van der Waals surface area contributed by atoms with Crippen molar-refractivity contribution in [2.24, 2.45) is 0 Å². The van der Waals surface area contributed by atoms with Gasteiger partial charge in [0.15, 0.2) is 0 Å². The van der Waals surface area contributed by atoms with Crippen molar-refractivity contribution in [3.05, 3.63) is 35.4 Å². The highest BCUT2D eigenvalue weighted by Gasteiger charge is 2.09. The molecule has 4 nitrogen and oxygen atoms in total. The lowest BCUT2D eigenvalue weighted by molar-refractivity contribution is -0.120. The van der Waals surface area contributed by atoms with Gasteiger partial charge in [0.25, 0.3) is 0 Å². The maximum absolute atomic E-state index is 11.8. The first-order valence-electron chi connectivity index (χ1n) is 7.13. The van der Waals surface area contributed by atoms with E-state index >= 15 is 0 Å². The predicted octanol–water partition coefficient (Wildman–Crippen LogP) is 2.65. The summed E-state index contributed by atoms with van der Waals surface area (Å²) in [5.41, 5.74) is 2.44. The summed E-state index contributed by atoms with van der Waals surface area (Å²) in [5.74, 6) is 0.528. The average molecular weight is 315 g/mol. The van der Waals surface area contributed by atoms with Crippen molar-refractivity contribution >= 4 is 18.3 Å². The Morgan fingerprint density at radius 1 is 1.14 bits per heavy atom. The van der Waals surface area contributed by atoms with E-state index in [0.29, 0.717) is 25.6 Å². The van der Waals surface area contributed by atoms with Crippen LogP contribution in [0.1, 0.15) is 43.9 Å². The van der Waals surface area contributed by atoms with Gasteiger partial charge in [0, 0.05) is 13.7 Å². The summed E-state index contributed by atoms with van der Waals surface area (Å²) in [4.78, 5) is 11.8. The third kappa shape index (κ3) is 7.46. The second kappa shape index (κ2) is 10.6. The zero-order chi connectivity index (χ0) is 15.0. The fourth-order valence-electron chi connectivity index (χ4n) is 1.92. The Balaban J connectivity index is 0.00000400. The lowest BCUT2D eigenvalue weighted by Gasteiger charge is -2.16. The first-order valence-corrected chi connectivity index (χ1v) is 7.13. The Kier molecular flexibility index (Phi) is 10.0. The molecule has 21 heavy (non-hydrogen) atoms. The van der Waals surface area contributed by atoms with Gasteiger partial charge in [-0.05, 0) is 24.0 Å². The van der Waals surface area contributed by atoms with Crippen LogP contribution in [0, 0.1) is 0 Å². The minimum absolute atomic E-state index is 0. The van der Waals surface area contributed by atoms with Crippen LogP contribution in [-0.2, 0) is 9.53 Å². The first-order chi connectivity index (χ1) is 9.54. The standard InChI is InChI=1S/C16H26N2O2.ClH/c1-12(2)14-5-7-15(8-6-14)13(3)18-16(19)11-17-9-10-20-4;/h5-8,12-13,17H,9-11H2,1-4H3,(H,18,19);1H. The van der Waals surface area contributed by atoms with Gasteiger partial charge in [0.2, 0.25) is 5.91 Å². The van der Waals surface area contributed by atoms with E-state index in [-0.39, 0.29) is 24.4 Å². The number of benzene rings is 1. The zero-order valence-electron chi connectivity index (χ0n) is 13.3. The quantitative estimate of drug-likeness (QED) is 0.725. The molecule has 1 rings (SSSR count). The highest BCUT2D eigenvalue weighted by molar-refractivity contribution is 5.85. The lowest BCUT2D eigenvalue weighted by atomic mass is 9.99. The van der Waals surface area contributed by atoms with Gasteiger partial charge in [0.05, 0.1) is 19.2 Å². The van der Waals surface area contributed by atoms with Crippen molar-refractivity contribution in [1.29, 1.82) is 0 Å². The van der Waals surface area contributed by atoms with E-state index in [1.807, 2.05) is 6.92 Å². The highest BCUT2D eigenvalue weighted by Crippen LogP contribution is 2.18. The number of hydrogen-bond donors (Lipinski definition) is 2.